The monoisotopic (exact) mass is 333 g/mol. The highest BCUT2D eigenvalue weighted by Gasteiger charge is 2.31. The van der Waals surface area contributed by atoms with Crippen molar-refractivity contribution >= 4 is 12.4 Å². The van der Waals surface area contributed by atoms with Gasteiger partial charge >= 0.3 is 6.18 Å². The first-order valence-corrected chi connectivity index (χ1v) is 6.78. The molecule has 1 saturated heterocycles. The summed E-state index contributed by atoms with van der Waals surface area (Å²) in [6.45, 7) is 0.881. The van der Waals surface area contributed by atoms with Crippen LogP contribution in [0.2, 0.25) is 0 Å². The zero-order valence-electron chi connectivity index (χ0n) is 11.6. The first-order chi connectivity index (χ1) is 10.0. The molecular formula is C14H15ClF3N3O. The number of nitrogens with zero attached hydrogens (tertiary/aromatic N) is 2. The first kappa shape index (κ1) is 16.8. The Morgan fingerprint density at radius 2 is 2.05 bits per heavy atom. The minimum atomic E-state index is -4.38. The highest BCUT2D eigenvalue weighted by molar-refractivity contribution is 5.85. The van der Waals surface area contributed by atoms with Gasteiger partial charge in [-0.25, -0.2) is 0 Å². The van der Waals surface area contributed by atoms with Gasteiger partial charge < -0.3 is 9.84 Å². The SMILES string of the molecule is Cl.FC(F)(F)c1cccc(-c2noc([C@@H]3CCCCN3)n2)c1. The van der Waals surface area contributed by atoms with Crippen molar-refractivity contribution in [3.8, 4) is 11.4 Å². The summed E-state index contributed by atoms with van der Waals surface area (Å²) in [6, 6.07) is 4.92. The lowest BCUT2D eigenvalue weighted by Gasteiger charge is -2.19. The summed E-state index contributed by atoms with van der Waals surface area (Å²) in [5, 5.41) is 7.05. The van der Waals surface area contributed by atoms with Gasteiger partial charge in [-0.1, -0.05) is 23.7 Å². The number of halogens is 4. The summed E-state index contributed by atoms with van der Waals surface area (Å²) in [5.41, 5.74) is -0.419. The van der Waals surface area contributed by atoms with E-state index in [0.29, 0.717) is 11.5 Å². The maximum Gasteiger partial charge on any atom is 0.416 e. The average molecular weight is 334 g/mol. The van der Waals surface area contributed by atoms with Crippen molar-refractivity contribution in [1.82, 2.24) is 15.5 Å². The fraction of sp³-hybridized carbons (Fsp3) is 0.429. The molecule has 8 heteroatoms. The second-order valence-corrected chi connectivity index (χ2v) is 5.04. The van der Waals surface area contributed by atoms with E-state index < -0.39 is 11.7 Å². The van der Waals surface area contributed by atoms with Crippen LogP contribution in [0.15, 0.2) is 28.8 Å². The second-order valence-electron chi connectivity index (χ2n) is 5.04. The van der Waals surface area contributed by atoms with Crippen molar-refractivity contribution in [3.63, 3.8) is 0 Å². The Hall–Kier alpha value is -1.60. The topological polar surface area (TPSA) is 51.0 Å². The second kappa shape index (κ2) is 6.66. The van der Waals surface area contributed by atoms with Gasteiger partial charge in [-0.05, 0) is 31.5 Å². The van der Waals surface area contributed by atoms with Gasteiger partial charge in [0.05, 0.1) is 11.6 Å². The number of aromatic nitrogens is 2. The number of hydrogen-bond acceptors (Lipinski definition) is 4. The third-order valence-electron chi connectivity index (χ3n) is 3.50. The molecule has 120 valence electrons. The van der Waals surface area contributed by atoms with Crippen molar-refractivity contribution in [3.05, 3.63) is 35.7 Å². The summed E-state index contributed by atoms with van der Waals surface area (Å²) in [5.74, 6) is 0.616. The van der Waals surface area contributed by atoms with Crippen LogP contribution in [0.3, 0.4) is 0 Å². The molecule has 1 aliphatic rings. The Labute approximate surface area is 131 Å². The van der Waals surface area contributed by atoms with Crippen LogP contribution >= 0.6 is 12.4 Å². The molecule has 1 fully saturated rings. The van der Waals surface area contributed by atoms with Gasteiger partial charge in [0.2, 0.25) is 11.7 Å². The van der Waals surface area contributed by atoms with E-state index in [1.165, 1.54) is 12.1 Å². The Morgan fingerprint density at radius 1 is 1.23 bits per heavy atom. The Kier molecular flexibility index (Phi) is 5.08. The molecule has 0 amide bonds. The molecule has 2 aromatic rings. The molecule has 4 nitrogen and oxygen atoms in total. The summed E-state index contributed by atoms with van der Waals surface area (Å²) < 4.78 is 43.3. The lowest BCUT2D eigenvalue weighted by molar-refractivity contribution is -0.137. The summed E-state index contributed by atoms with van der Waals surface area (Å²) >= 11 is 0. The molecular weight excluding hydrogens is 319 g/mol. The van der Waals surface area contributed by atoms with Crippen LogP contribution in [-0.2, 0) is 6.18 Å². The largest absolute Gasteiger partial charge is 0.416 e. The zero-order valence-corrected chi connectivity index (χ0v) is 12.4. The molecule has 0 aliphatic carbocycles. The number of hydrogen-bond donors (Lipinski definition) is 1. The quantitative estimate of drug-likeness (QED) is 0.902. The molecule has 0 saturated carbocycles. The van der Waals surface area contributed by atoms with E-state index in [0.717, 1.165) is 37.9 Å². The fourth-order valence-corrected chi connectivity index (χ4v) is 2.39. The number of nitrogens with one attached hydrogen (secondary N) is 1. The van der Waals surface area contributed by atoms with Crippen LogP contribution in [0.5, 0.6) is 0 Å². The molecule has 0 radical (unpaired) electrons. The van der Waals surface area contributed by atoms with Gasteiger partial charge in [0, 0.05) is 5.56 Å². The molecule has 1 aromatic carbocycles. The van der Waals surface area contributed by atoms with E-state index in [-0.39, 0.29) is 24.3 Å². The lowest BCUT2D eigenvalue weighted by atomic mass is 10.1. The molecule has 1 aliphatic heterocycles. The maximum absolute atomic E-state index is 12.7. The van der Waals surface area contributed by atoms with E-state index in [2.05, 4.69) is 15.5 Å². The number of piperidine rings is 1. The third kappa shape index (κ3) is 3.59. The first-order valence-electron chi connectivity index (χ1n) is 6.78. The molecule has 1 atom stereocenters. The van der Waals surface area contributed by atoms with Crippen molar-refractivity contribution in [2.75, 3.05) is 6.54 Å². The smallest absolute Gasteiger partial charge is 0.337 e. The average Bonchev–Trinajstić information content (AvgIpc) is 2.97. The van der Waals surface area contributed by atoms with E-state index in [1.54, 1.807) is 0 Å². The molecule has 0 spiro atoms. The molecule has 0 unspecified atom stereocenters. The molecule has 0 bridgehead atoms. The van der Waals surface area contributed by atoms with Crippen molar-refractivity contribution in [2.24, 2.45) is 0 Å². The molecule has 1 N–H and O–H groups in total. The molecule has 3 rings (SSSR count). The highest BCUT2D eigenvalue weighted by Crippen LogP contribution is 2.32. The molecule has 1 aromatic heterocycles. The van der Waals surface area contributed by atoms with Gasteiger partial charge in [0.25, 0.3) is 0 Å². The van der Waals surface area contributed by atoms with Crippen molar-refractivity contribution < 1.29 is 17.7 Å². The molecule has 2 heterocycles. The lowest BCUT2D eigenvalue weighted by Crippen LogP contribution is -2.26. The van der Waals surface area contributed by atoms with Crippen LogP contribution < -0.4 is 5.32 Å². The van der Waals surface area contributed by atoms with E-state index >= 15 is 0 Å². The van der Waals surface area contributed by atoms with E-state index in [4.69, 9.17) is 4.52 Å². The summed E-state index contributed by atoms with van der Waals surface area (Å²) in [7, 11) is 0. The number of rotatable bonds is 2. The zero-order chi connectivity index (χ0) is 14.9. The van der Waals surface area contributed by atoms with Crippen molar-refractivity contribution in [2.45, 2.75) is 31.5 Å². The van der Waals surface area contributed by atoms with Gasteiger partial charge in [0.15, 0.2) is 0 Å². The third-order valence-corrected chi connectivity index (χ3v) is 3.50. The Balaban J connectivity index is 0.00000176. The van der Waals surface area contributed by atoms with E-state index in [1.807, 2.05) is 0 Å². The van der Waals surface area contributed by atoms with Gasteiger partial charge in [0.1, 0.15) is 0 Å². The minimum Gasteiger partial charge on any atom is -0.337 e. The van der Waals surface area contributed by atoms with Crippen LogP contribution in [0.4, 0.5) is 13.2 Å². The van der Waals surface area contributed by atoms with Gasteiger partial charge in [-0.2, -0.15) is 18.2 Å². The number of benzene rings is 1. The van der Waals surface area contributed by atoms with Crippen LogP contribution in [0, 0.1) is 0 Å². The van der Waals surface area contributed by atoms with Gasteiger partial charge in [-0.3, -0.25) is 0 Å². The minimum absolute atomic E-state index is 0. The predicted molar refractivity (Wildman–Crippen MR) is 76.6 cm³/mol. The van der Waals surface area contributed by atoms with Crippen molar-refractivity contribution in [1.29, 1.82) is 0 Å². The standard InChI is InChI=1S/C14H14F3N3O.ClH/c15-14(16,17)10-5-3-4-9(8-10)12-19-13(21-20-12)11-6-1-2-7-18-11;/h3-5,8,11,18H,1-2,6-7H2;1H/t11-;/m0./s1. The van der Waals surface area contributed by atoms with Crippen LogP contribution in [-0.4, -0.2) is 16.7 Å². The van der Waals surface area contributed by atoms with E-state index in [9.17, 15) is 13.2 Å². The molecule has 22 heavy (non-hydrogen) atoms. The normalized spacial score (nSPS) is 18.8. The highest BCUT2D eigenvalue weighted by atomic mass is 35.5. The Morgan fingerprint density at radius 3 is 2.73 bits per heavy atom. The number of alkyl halides is 3. The predicted octanol–water partition coefficient (Wildman–Crippen LogP) is 3.99. The fourth-order valence-electron chi connectivity index (χ4n) is 2.39. The summed E-state index contributed by atoms with van der Waals surface area (Å²) in [4.78, 5) is 4.22. The maximum atomic E-state index is 12.7. The Bertz CT molecular complexity index is 624. The van der Waals surface area contributed by atoms with Crippen LogP contribution in [0.1, 0.15) is 36.8 Å². The summed E-state index contributed by atoms with van der Waals surface area (Å²) in [6.07, 6.45) is -1.32. The van der Waals surface area contributed by atoms with Crippen LogP contribution in [0.25, 0.3) is 11.4 Å². The van der Waals surface area contributed by atoms with Gasteiger partial charge in [-0.15, -0.1) is 12.4 Å².